The first-order valence-electron chi connectivity index (χ1n) is 14.0. The third-order valence-electron chi connectivity index (χ3n) is 13.3. The molecule has 6 heteroatoms. The fourth-order valence-corrected chi connectivity index (χ4v) is 10.9. The third kappa shape index (κ3) is 2.85. The first-order chi connectivity index (χ1) is 16.6. The van der Waals surface area contributed by atoms with Gasteiger partial charge in [-0.25, -0.2) is 0 Å². The van der Waals surface area contributed by atoms with Gasteiger partial charge in [0.05, 0.1) is 28.6 Å². The summed E-state index contributed by atoms with van der Waals surface area (Å²) in [5.41, 5.74) is -3.04. The highest BCUT2D eigenvalue weighted by atomic mass is 16.4. The zero-order chi connectivity index (χ0) is 26.7. The molecule has 202 valence electrons. The summed E-state index contributed by atoms with van der Waals surface area (Å²) in [6.45, 7) is 12.4. The van der Waals surface area contributed by atoms with Crippen LogP contribution in [0.2, 0.25) is 0 Å². The Balaban J connectivity index is 1.67. The number of rotatable bonds is 2. The lowest BCUT2D eigenvalue weighted by molar-refractivity contribution is -0.243. The topological polar surface area (TPSA) is 115 Å². The largest absolute Gasteiger partial charge is 0.481 e. The molecule has 3 unspecified atom stereocenters. The second kappa shape index (κ2) is 7.66. The summed E-state index contributed by atoms with van der Waals surface area (Å²) in [5, 5.41) is 45.0. The number of carbonyl (C=O) groups is 2. The van der Waals surface area contributed by atoms with Gasteiger partial charge in [0, 0.05) is 11.8 Å². The van der Waals surface area contributed by atoms with E-state index in [0.717, 1.165) is 24.7 Å². The molecule has 4 N–H and O–H groups in total. The van der Waals surface area contributed by atoms with Gasteiger partial charge in [-0.05, 0) is 86.4 Å². The minimum atomic E-state index is -1.13. The number of carbonyl (C=O) groups excluding carboxylic acids is 1. The normalized spacial score (nSPS) is 58.4. The molecule has 0 heterocycles. The number of aldehydes is 1. The van der Waals surface area contributed by atoms with E-state index in [2.05, 4.69) is 26.8 Å². The van der Waals surface area contributed by atoms with Gasteiger partial charge in [-0.15, -0.1) is 0 Å². The molecule has 0 aliphatic heterocycles. The van der Waals surface area contributed by atoms with Crippen LogP contribution in [0.1, 0.15) is 92.9 Å². The van der Waals surface area contributed by atoms with Crippen LogP contribution in [-0.4, -0.2) is 50.5 Å². The SMILES string of the molecule is CC1CC[C@]2(C(=O)O)CC[C@]3(C)C(=CC[C@H]4[C@@]5(C)CCC(O)[C@@](C)(C=O)[C@H]5C(O)C[C@]43C)[C@H]2[C@]1(C)O. The van der Waals surface area contributed by atoms with Gasteiger partial charge in [-0.2, -0.15) is 0 Å². The summed E-state index contributed by atoms with van der Waals surface area (Å²) < 4.78 is 0. The number of hydrogen-bond donors (Lipinski definition) is 4. The average Bonchev–Trinajstić information content (AvgIpc) is 2.79. The summed E-state index contributed by atoms with van der Waals surface area (Å²) in [6, 6.07) is 0. The molecule has 5 aliphatic carbocycles. The lowest BCUT2D eigenvalue weighted by atomic mass is 9.32. The summed E-state index contributed by atoms with van der Waals surface area (Å²) in [6.07, 6.45) is 6.66. The third-order valence-corrected chi connectivity index (χ3v) is 13.3. The number of fused-ring (bicyclic) bond motifs is 7. The molecular weight excluding hydrogens is 456 g/mol. The number of carboxylic acid groups (broad SMARTS) is 1. The van der Waals surface area contributed by atoms with Crippen LogP contribution < -0.4 is 0 Å². The molecule has 0 amide bonds. The van der Waals surface area contributed by atoms with Crippen molar-refractivity contribution in [2.24, 2.45) is 50.7 Å². The van der Waals surface area contributed by atoms with Crippen molar-refractivity contribution in [3.8, 4) is 0 Å². The van der Waals surface area contributed by atoms with E-state index in [0.29, 0.717) is 38.5 Å². The molecule has 12 atom stereocenters. The standard InChI is InChI=1S/C30H46O6/c1-17-9-12-30(24(34)35)14-13-27(4)18(22(30)29(17,6)36)7-8-20-25(2)11-10-21(33)26(3,16-31)23(25)19(32)15-28(20,27)5/h7,16-17,19-23,32-33,36H,8-15H2,1-6H3,(H,34,35)/t17?,19?,20-,21?,22-,23-,25+,26+,27+,28+,29+,30-/m0/s1. The van der Waals surface area contributed by atoms with E-state index in [1.54, 1.807) is 0 Å². The van der Waals surface area contributed by atoms with E-state index in [1.807, 2.05) is 20.8 Å². The molecule has 0 spiro atoms. The monoisotopic (exact) mass is 502 g/mol. The molecule has 4 saturated carbocycles. The van der Waals surface area contributed by atoms with Gasteiger partial charge in [0.15, 0.2) is 0 Å². The lowest BCUT2D eigenvalue weighted by Gasteiger charge is -2.72. The van der Waals surface area contributed by atoms with Crippen molar-refractivity contribution in [1.82, 2.24) is 0 Å². The Bertz CT molecular complexity index is 1000. The van der Waals surface area contributed by atoms with Gasteiger partial charge in [0.1, 0.15) is 6.29 Å². The Labute approximate surface area is 215 Å². The van der Waals surface area contributed by atoms with Crippen molar-refractivity contribution in [3.63, 3.8) is 0 Å². The fraction of sp³-hybridized carbons (Fsp3) is 0.867. The minimum absolute atomic E-state index is 0.00395. The molecule has 0 aromatic carbocycles. The molecule has 6 nitrogen and oxygen atoms in total. The van der Waals surface area contributed by atoms with Crippen LogP contribution in [0, 0.1) is 50.7 Å². The smallest absolute Gasteiger partial charge is 0.310 e. The van der Waals surface area contributed by atoms with E-state index in [1.165, 1.54) is 0 Å². The Morgan fingerprint density at radius 2 is 1.69 bits per heavy atom. The van der Waals surface area contributed by atoms with Crippen LogP contribution >= 0.6 is 0 Å². The summed E-state index contributed by atoms with van der Waals surface area (Å²) in [7, 11) is 0. The molecule has 36 heavy (non-hydrogen) atoms. The van der Waals surface area contributed by atoms with Crippen molar-refractivity contribution >= 4 is 12.3 Å². The number of carboxylic acids is 1. The molecule has 0 saturated heterocycles. The highest BCUT2D eigenvalue weighted by molar-refractivity contribution is 5.77. The molecule has 5 aliphatic rings. The molecule has 0 radical (unpaired) electrons. The first kappa shape index (κ1) is 26.4. The van der Waals surface area contributed by atoms with E-state index < -0.39 is 40.5 Å². The number of aliphatic carboxylic acids is 1. The Morgan fingerprint density at radius 3 is 2.31 bits per heavy atom. The Kier molecular flexibility index (Phi) is 5.61. The molecule has 0 aromatic heterocycles. The van der Waals surface area contributed by atoms with E-state index in [-0.39, 0.29) is 34.0 Å². The Morgan fingerprint density at radius 1 is 1.03 bits per heavy atom. The molecule has 0 bridgehead atoms. The van der Waals surface area contributed by atoms with Crippen molar-refractivity contribution in [1.29, 1.82) is 0 Å². The number of allylic oxidation sites excluding steroid dienone is 1. The van der Waals surface area contributed by atoms with Crippen molar-refractivity contribution in [2.45, 2.75) is 111 Å². The van der Waals surface area contributed by atoms with E-state index in [9.17, 15) is 30.0 Å². The van der Waals surface area contributed by atoms with Gasteiger partial charge >= 0.3 is 5.97 Å². The molecule has 4 fully saturated rings. The van der Waals surface area contributed by atoms with Crippen LogP contribution in [0.25, 0.3) is 0 Å². The van der Waals surface area contributed by atoms with Gasteiger partial charge in [0.25, 0.3) is 0 Å². The summed E-state index contributed by atoms with van der Waals surface area (Å²) in [5.74, 6) is -1.41. The van der Waals surface area contributed by atoms with Crippen LogP contribution in [0.4, 0.5) is 0 Å². The maximum Gasteiger partial charge on any atom is 0.310 e. The van der Waals surface area contributed by atoms with Crippen LogP contribution in [0.3, 0.4) is 0 Å². The van der Waals surface area contributed by atoms with Gasteiger partial charge in [-0.1, -0.05) is 46.3 Å². The zero-order valence-corrected chi connectivity index (χ0v) is 22.9. The average molecular weight is 503 g/mol. The Hall–Kier alpha value is -1.24. The second-order valence-electron chi connectivity index (χ2n) is 14.6. The predicted octanol–water partition coefficient (Wildman–Crippen LogP) is 4.35. The molecule has 5 rings (SSSR count). The maximum absolute atomic E-state index is 12.8. The van der Waals surface area contributed by atoms with Crippen molar-refractivity contribution in [3.05, 3.63) is 11.6 Å². The summed E-state index contributed by atoms with van der Waals surface area (Å²) in [4.78, 5) is 25.2. The number of hydrogen-bond acceptors (Lipinski definition) is 5. The predicted molar refractivity (Wildman–Crippen MR) is 136 cm³/mol. The summed E-state index contributed by atoms with van der Waals surface area (Å²) >= 11 is 0. The fourth-order valence-electron chi connectivity index (χ4n) is 10.9. The van der Waals surface area contributed by atoms with E-state index in [4.69, 9.17) is 0 Å². The van der Waals surface area contributed by atoms with Gasteiger partial charge < -0.3 is 25.2 Å². The van der Waals surface area contributed by atoms with Gasteiger partial charge in [-0.3, -0.25) is 4.79 Å². The van der Waals surface area contributed by atoms with Gasteiger partial charge in [0.2, 0.25) is 0 Å². The van der Waals surface area contributed by atoms with Crippen LogP contribution in [0.15, 0.2) is 11.6 Å². The maximum atomic E-state index is 12.8. The van der Waals surface area contributed by atoms with Crippen LogP contribution in [0.5, 0.6) is 0 Å². The number of aliphatic hydroxyl groups excluding tert-OH is 2. The highest BCUT2D eigenvalue weighted by Gasteiger charge is 2.73. The lowest BCUT2D eigenvalue weighted by Crippen LogP contribution is -2.70. The molecule has 0 aromatic rings. The minimum Gasteiger partial charge on any atom is -0.481 e. The van der Waals surface area contributed by atoms with Crippen molar-refractivity contribution in [2.75, 3.05) is 0 Å². The highest BCUT2D eigenvalue weighted by Crippen LogP contribution is 2.75. The molecular formula is C30H46O6. The van der Waals surface area contributed by atoms with E-state index >= 15 is 0 Å². The second-order valence-corrected chi connectivity index (χ2v) is 14.6. The van der Waals surface area contributed by atoms with Crippen LogP contribution in [-0.2, 0) is 9.59 Å². The van der Waals surface area contributed by atoms with Crippen molar-refractivity contribution < 1.29 is 30.0 Å². The quantitative estimate of drug-likeness (QED) is 0.330. The first-order valence-corrected chi connectivity index (χ1v) is 14.0. The number of aliphatic hydroxyl groups is 3. The zero-order valence-electron chi connectivity index (χ0n) is 22.9.